The van der Waals surface area contributed by atoms with Crippen LogP contribution in [0.5, 0.6) is 11.5 Å². The van der Waals surface area contributed by atoms with E-state index < -0.39 is 0 Å². The topological polar surface area (TPSA) is 87.0 Å². The van der Waals surface area contributed by atoms with Gasteiger partial charge >= 0.3 is 0 Å². The quantitative estimate of drug-likeness (QED) is 0.319. The van der Waals surface area contributed by atoms with Gasteiger partial charge in [0, 0.05) is 22.7 Å². The molecule has 34 heavy (non-hydrogen) atoms. The SMILES string of the molecule is COc1cc2nc(Cl)nc(Nc3ccc(Cn4cc(-c5ccccc5)nn4)cc3)c2cc1OC. The maximum absolute atomic E-state index is 6.17. The van der Waals surface area contributed by atoms with Gasteiger partial charge in [-0.1, -0.05) is 47.7 Å². The summed E-state index contributed by atoms with van der Waals surface area (Å²) in [4.78, 5) is 8.68. The molecule has 0 radical (unpaired) electrons. The summed E-state index contributed by atoms with van der Waals surface area (Å²) < 4.78 is 12.6. The highest BCUT2D eigenvalue weighted by atomic mass is 35.5. The van der Waals surface area contributed by atoms with Gasteiger partial charge in [-0.15, -0.1) is 5.10 Å². The highest BCUT2D eigenvalue weighted by Gasteiger charge is 2.13. The average Bonchev–Trinajstić information content (AvgIpc) is 3.33. The standard InChI is InChI=1S/C25H21ClN6O2/c1-33-22-12-19-20(13-23(22)34-2)28-25(26)29-24(19)27-18-10-8-16(9-11-18)14-32-15-21(30-31-32)17-6-4-3-5-7-17/h3-13,15H,14H2,1-2H3,(H,27,28,29). The summed E-state index contributed by atoms with van der Waals surface area (Å²) in [6.07, 6.45) is 1.94. The third-order valence-corrected chi connectivity index (χ3v) is 5.51. The molecule has 5 rings (SSSR count). The highest BCUT2D eigenvalue weighted by molar-refractivity contribution is 6.28. The molecule has 0 saturated carbocycles. The fourth-order valence-electron chi connectivity index (χ4n) is 3.66. The van der Waals surface area contributed by atoms with Gasteiger partial charge in [0.05, 0.1) is 32.5 Å². The summed E-state index contributed by atoms with van der Waals surface area (Å²) in [6, 6.07) is 21.6. The van der Waals surface area contributed by atoms with Crippen LogP contribution in [0.4, 0.5) is 11.5 Å². The van der Waals surface area contributed by atoms with Crippen LogP contribution in [0.25, 0.3) is 22.2 Å². The predicted octanol–water partition coefficient (Wildman–Crippen LogP) is 5.35. The van der Waals surface area contributed by atoms with Crippen LogP contribution >= 0.6 is 11.6 Å². The molecular weight excluding hydrogens is 452 g/mol. The lowest BCUT2D eigenvalue weighted by atomic mass is 10.1. The van der Waals surface area contributed by atoms with E-state index in [0.717, 1.165) is 27.9 Å². The van der Waals surface area contributed by atoms with Crippen molar-refractivity contribution < 1.29 is 9.47 Å². The third kappa shape index (κ3) is 4.49. The molecule has 3 aromatic carbocycles. The van der Waals surface area contributed by atoms with Crippen LogP contribution in [0.15, 0.2) is 72.9 Å². The van der Waals surface area contributed by atoms with Crippen molar-refractivity contribution >= 4 is 34.0 Å². The zero-order valence-electron chi connectivity index (χ0n) is 18.6. The first-order chi connectivity index (χ1) is 16.6. The first-order valence-corrected chi connectivity index (χ1v) is 10.9. The van der Waals surface area contributed by atoms with Crippen molar-refractivity contribution in [2.24, 2.45) is 0 Å². The van der Waals surface area contributed by atoms with E-state index in [2.05, 4.69) is 25.6 Å². The smallest absolute Gasteiger partial charge is 0.224 e. The molecule has 0 atom stereocenters. The summed E-state index contributed by atoms with van der Waals surface area (Å²) >= 11 is 6.17. The minimum Gasteiger partial charge on any atom is -0.493 e. The molecule has 0 unspecified atom stereocenters. The van der Waals surface area contributed by atoms with Crippen molar-refractivity contribution in [3.05, 3.63) is 83.8 Å². The van der Waals surface area contributed by atoms with Crippen LogP contribution in [0.3, 0.4) is 0 Å². The Hall–Kier alpha value is -4.17. The number of halogens is 1. The van der Waals surface area contributed by atoms with Gasteiger partial charge in [0.1, 0.15) is 11.5 Å². The van der Waals surface area contributed by atoms with Crippen LogP contribution < -0.4 is 14.8 Å². The first-order valence-electron chi connectivity index (χ1n) is 10.5. The molecule has 0 bridgehead atoms. The Balaban J connectivity index is 1.36. The number of nitrogens with zero attached hydrogens (tertiary/aromatic N) is 5. The van der Waals surface area contributed by atoms with Crippen molar-refractivity contribution in [3.63, 3.8) is 0 Å². The zero-order chi connectivity index (χ0) is 23.5. The lowest BCUT2D eigenvalue weighted by molar-refractivity contribution is 0.356. The van der Waals surface area contributed by atoms with Crippen molar-refractivity contribution in [1.82, 2.24) is 25.0 Å². The molecule has 0 aliphatic carbocycles. The summed E-state index contributed by atoms with van der Waals surface area (Å²) in [6.45, 7) is 0.610. The van der Waals surface area contributed by atoms with Crippen LogP contribution in [-0.2, 0) is 6.54 Å². The van der Waals surface area contributed by atoms with Crippen molar-refractivity contribution in [1.29, 1.82) is 0 Å². The maximum atomic E-state index is 6.17. The van der Waals surface area contributed by atoms with Crippen LogP contribution in [0.2, 0.25) is 5.28 Å². The number of methoxy groups -OCH3 is 2. The monoisotopic (exact) mass is 472 g/mol. The number of fused-ring (bicyclic) bond motifs is 1. The fraction of sp³-hybridized carbons (Fsp3) is 0.120. The Kier molecular flexibility index (Phi) is 5.97. The molecule has 170 valence electrons. The van der Waals surface area contributed by atoms with E-state index in [1.54, 1.807) is 20.3 Å². The van der Waals surface area contributed by atoms with E-state index in [1.807, 2.05) is 71.5 Å². The van der Waals surface area contributed by atoms with Gasteiger partial charge in [0.2, 0.25) is 5.28 Å². The molecule has 0 aliphatic heterocycles. The molecule has 0 spiro atoms. The lowest BCUT2D eigenvalue weighted by Crippen LogP contribution is -2.01. The van der Waals surface area contributed by atoms with Gasteiger partial charge in [0.25, 0.3) is 0 Å². The number of hydrogen-bond donors (Lipinski definition) is 1. The second-order valence-corrected chi connectivity index (χ2v) is 7.89. The summed E-state index contributed by atoms with van der Waals surface area (Å²) in [7, 11) is 3.17. The van der Waals surface area contributed by atoms with Gasteiger partial charge in [-0.25, -0.2) is 9.67 Å². The van der Waals surface area contributed by atoms with E-state index in [-0.39, 0.29) is 5.28 Å². The Morgan fingerprint density at radius 1 is 0.912 bits per heavy atom. The molecule has 1 N–H and O–H groups in total. The van der Waals surface area contributed by atoms with E-state index in [4.69, 9.17) is 21.1 Å². The summed E-state index contributed by atoms with van der Waals surface area (Å²) in [5.74, 6) is 1.73. The normalized spacial score (nSPS) is 10.9. The second-order valence-electron chi connectivity index (χ2n) is 7.55. The summed E-state index contributed by atoms with van der Waals surface area (Å²) in [5, 5.41) is 12.8. The van der Waals surface area contributed by atoms with Gasteiger partial charge < -0.3 is 14.8 Å². The molecule has 5 aromatic rings. The number of anilines is 2. The van der Waals surface area contributed by atoms with Gasteiger partial charge in [-0.3, -0.25) is 0 Å². The van der Waals surface area contributed by atoms with Crippen LogP contribution in [0.1, 0.15) is 5.56 Å². The fourth-order valence-corrected chi connectivity index (χ4v) is 3.83. The number of ether oxygens (including phenoxy) is 2. The van der Waals surface area contributed by atoms with E-state index in [0.29, 0.717) is 29.4 Å². The molecule has 0 saturated heterocycles. The van der Waals surface area contributed by atoms with Crippen LogP contribution in [-0.4, -0.2) is 39.2 Å². The molecule has 9 heteroatoms. The second kappa shape index (κ2) is 9.36. The first kappa shape index (κ1) is 21.7. The molecule has 0 aliphatic rings. The average molecular weight is 473 g/mol. The maximum Gasteiger partial charge on any atom is 0.224 e. The number of aromatic nitrogens is 5. The van der Waals surface area contributed by atoms with Crippen molar-refractivity contribution in [2.45, 2.75) is 6.54 Å². The Labute approximate surface area is 201 Å². The predicted molar refractivity (Wildman–Crippen MR) is 132 cm³/mol. The van der Waals surface area contributed by atoms with Crippen LogP contribution in [0, 0.1) is 0 Å². The molecule has 0 fully saturated rings. The zero-order valence-corrected chi connectivity index (χ0v) is 19.3. The van der Waals surface area contributed by atoms with Crippen molar-refractivity contribution in [2.75, 3.05) is 19.5 Å². The number of hydrogen-bond acceptors (Lipinski definition) is 7. The number of rotatable bonds is 7. The van der Waals surface area contributed by atoms with Gasteiger partial charge in [-0.05, 0) is 35.4 Å². The third-order valence-electron chi connectivity index (χ3n) is 5.34. The minimum atomic E-state index is 0.138. The molecule has 2 aromatic heterocycles. The Bertz CT molecular complexity index is 1440. The number of nitrogens with one attached hydrogen (secondary N) is 1. The van der Waals surface area contributed by atoms with Crippen molar-refractivity contribution in [3.8, 4) is 22.8 Å². The highest BCUT2D eigenvalue weighted by Crippen LogP contribution is 2.35. The van der Waals surface area contributed by atoms with E-state index in [9.17, 15) is 0 Å². The minimum absolute atomic E-state index is 0.138. The summed E-state index contributed by atoms with van der Waals surface area (Å²) in [5.41, 5.74) is 4.49. The van der Waals surface area contributed by atoms with Gasteiger partial charge in [-0.2, -0.15) is 4.98 Å². The van der Waals surface area contributed by atoms with Gasteiger partial charge in [0.15, 0.2) is 11.5 Å². The Morgan fingerprint density at radius 3 is 2.38 bits per heavy atom. The molecule has 2 heterocycles. The largest absolute Gasteiger partial charge is 0.493 e. The number of benzene rings is 3. The molecule has 8 nitrogen and oxygen atoms in total. The molecule has 0 amide bonds. The Morgan fingerprint density at radius 2 is 1.65 bits per heavy atom. The van der Waals surface area contributed by atoms with E-state index in [1.165, 1.54) is 0 Å². The lowest BCUT2D eigenvalue weighted by Gasteiger charge is -2.13. The van der Waals surface area contributed by atoms with E-state index >= 15 is 0 Å². The molecular formula is C25H21ClN6O2.